The minimum absolute atomic E-state index is 0.302. The molecule has 0 bridgehead atoms. The van der Waals surface area contributed by atoms with Gasteiger partial charge in [0.05, 0.1) is 10.9 Å². The van der Waals surface area contributed by atoms with Gasteiger partial charge in [-0.25, -0.2) is 5.84 Å². The van der Waals surface area contributed by atoms with E-state index < -0.39 is 18.1 Å². The van der Waals surface area contributed by atoms with Gasteiger partial charge in [0.2, 0.25) is 0 Å². The standard InChI is InChI=1S/C8H9N3O3S/c9-3-4(12)7(13)5-1-2-6(15-5)8(14)11-10/h1-2,4,7,12-13H,10H2,(H,11,14). The largest absolute Gasteiger partial charge is 0.384 e. The number of nitrogens with zero attached hydrogens (tertiary/aromatic N) is 1. The van der Waals surface area contributed by atoms with Crippen LogP contribution in [-0.2, 0) is 0 Å². The van der Waals surface area contributed by atoms with Gasteiger partial charge in [0.15, 0.2) is 6.10 Å². The number of nitrogens with one attached hydrogen (secondary N) is 1. The molecule has 2 atom stereocenters. The molecule has 0 fully saturated rings. The van der Waals surface area contributed by atoms with E-state index in [1.807, 2.05) is 5.43 Å². The Morgan fingerprint density at radius 2 is 2.27 bits per heavy atom. The molecule has 15 heavy (non-hydrogen) atoms. The Labute approximate surface area is 89.5 Å². The lowest BCUT2D eigenvalue weighted by molar-refractivity contribution is 0.0552. The van der Waals surface area contributed by atoms with E-state index in [4.69, 9.17) is 16.2 Å². The first kappa shape index (κ1) is 11.6. The third-order valence-corrected chi connectivity index (χ3v) is 2.86. The highest BCUT2D eigenvalue weighted by molar-refractivity contribution is 7.14. The summed E-state index contributed by atoms with van der Waals surface area (Å²) < 4.78 is 0. The molecule has 1 amide bonds. The fourth-order valence-corrected chi connectivity index (χ4v) is 1.86. The van der Waals surface area contributed by atoms with Crippen molar-refractivity contribution in [1.29, 1.82) is 5.26 Å². The fraction of sp³-hybridized carbons (Fsp3) is 0.250. The molecule has 7 heteroatoms. The molecule has 0 saturated heterocycles. The van der Waals surface area contributed by atoms with Crippen molar-refractivity contribution in [3.63, 3.8) is 0 Å². The molecule has 1 aromatic rings. The molecule has 0 spiro atoms. The number of nitrogens with two attached hydrogens (primary N) is 1. The number of hydrogen-bond donors (Lipinski definition) is 4. The number of carbonyl (C=O) groups is 1. The van der Waals surface area contributed by atoms with E-state index in [2.05, 4.69) is 0 Å². The lowest BCUT2D eigenvalue weighted by atomic mass is 10.2. The number of amides is 1. The van der Waals surface area contributed by atoms with Gasteiger partial charge in [-0.1, -0.05) is 0 Å². The Bertz CT molecular complexity index is 398. The molecule has 0 aromatic carbocycles. The SMILES string of the molecule is N#CC(O)C(O)c1ccc(C(=O)NN)s1. The maximum Gasteiger partial charge on any atom is 0.275 e. The first-order chi connectivity index (χ1) is 7.10. The van der Waals surface area contributed by atoms with E-state index in [1.165, 1.54) is 18.2 Å². The van der Waals surface area contributed by atoms with Crippen LogP contribution in [0.3, 0.4) is 0 Å². The van der Waals surface area contributed by atoms with Gasteiger partial charge < -0.3 is 10.2 Å². The van der Waals surface area contributed by atoms with Crippen LogP contribution in [0.15, 0.2) is 12.1 Å². The summed E-state index contributed by atoms with van der Waals surface area (Å²) in [5, 5.41) is 26.9. The fourth-order valence-electron chi connectivity index (χ4n) is 0.931. The zero-order valence-electron chi connectivity index (χ0n) is 7.54. The first-order valence-electron chi connectivity index (χ1n) is 3.96. The van der Waals surface area contributed by atoms with Crippen molar-refractivity contribution in [1.82, 2.24) is 5.43 Å². The van der Waals surface area contributed by atoms with Crippen molar-refractivity contribution in [3.05, 3.63) is 21.9 Å². The average molecular weight is 227 g/mol. The lowest BCUT2D eigenvalue weighted by Crippen LogP contribution is -2.29. The van der Waals surface area contributed by atoms with Crippen molar-refractivity contribution in [2.24, 2.45) is 5.84 Å². The summed E-state index contributed by atoms with van der Waals surface area (Å²) in [6.07, 6.45) is -2.81. The van der Waals surface area contributed by atoms with Crippen LogP contribution in [0.4, 0.5) is 0 Å². The van der Waals surface area contributed by atoms with Gasteiger partial charge >= 0.3 is 0 Å². The second-order valence-corrected chi connectivity index (χ2v) is 3.81. The van der Waals surface area contributed by atoms with Crippen molar-refractivity contribution in [2.45, 2.75) is 12.2 Å². The quantitative estimate of drug-likeness (QED) is 0.235. The number of thiophene rings is 1. The maximum absolute atomic E-state index is 11.1. The monoisotopic (exact) mass is 227 g/mol. The van der Waals surface area contributed by atoms with Crippen LogP contribution in [0.1, 0.15) is 20.7 Å². The molecule has 2 unspecified atom stereocenters. The maximum atomic E-state index is 11.1. The van der Waals surface area contributed by atoms with Crippen LogP contribution in [0.25, 0.3) is 0 Å². The van der Waals surface area contributed by atoms with E-state index in [0.29, 0.717) is 9.75 Å². The molecule has 1 aromatic heterocycles. The van der Waals surface area contributed by atoms with Crippen LogP contribution in [0.2, 0.25) is 0 Å². The van der Waals surface area contributed by atoms with E-state index in [1.54, 1.807) is 0 Å². The zero-order valence-corrected chi connectivity index (χ0v) is 8.36. The van der Waals surface area contributed by atoms with Gasteiger partial charge in [-0.15, -0.1) is 11.3 Å². The summed E-state index contributed by atoms with van der Waals surface area (Å²) in [4.78, 5) is 11.7. The summed E-state index contributed by atoms with van der Waals surface area (Å²) >= 11 is 0.964. The Hall–Kier alpha value is -1.46. The molecule has 0 radical (unpaired) electrons. The van der Waals surface area contributed by atoms with Crippen LogP contribution in [-0.4, -0.2) is 22.2 Å². The molecular formula is C8H9N3O3S. The Morgan fingerprint density at radius 1 is 1.60 bits per heavy atom. The molecule has 80 valence electrons. The van der Waals surface area contributed by atoms with Gasteiger partial charge in [-0.3, -0.25) is 10.2 Å². The Balaban J connectivity index is 2.85. The van der Waals surface area contributed by atoms with Crippen LogP contribution in [0.5, 0.6) is 0 Å². The van der Waals surface area contributed by atoms with Gasteiger partial charge in [0, 0.05) is 4.88 Å². The number of aliphatic hydroxyl groups is 2. The predicted octanol–water partition coefficient (Wildman–Crippen LogP) is -0.731. The summed E-state index contributed by atoms with van der Waals surface area (Å²) in [6, 6.07) is 4.42. The normalized spacial score (nSPS) is 14.0. The van der Waals surface area contributed by atoms with Crippen LogP contribution < -0.4 is 11.3 Å². The summed E-state index contributed by atoms with van der Waals surface area (Å²) in [7, 11) is 0. The van der Waals surface area contributed by atoms with Crippen molar-refractivity contribution in [2.75, 3.05) is 0 Å². The van der Waals surface area contributed by atoms with Gasteiger partial charge in [0.1, 0.15) is 6.10 Å². The number of nitrogen functional groups attached to an aromatic ring is 1. The first-order valence-corrected chi connectivity index (χ1v) is 4.78. The van der Waals surface area contributed by atoms with Gasteiger partial charge in [-0.2, -0.15) is 5.26 Å². The minimum atomic E-state index is -1.50. The molecule has 0 aliphatic rings. The number of aliphatic hydroxyl groups excluding tert-OH is 2. The Kier molecular flexibility index (Phi) is 3.76. The van der Waals surface area contributed by atoms with Crippen LogP contribution >= 0.6 is 11.3 Å². The van der Waals surface area contributed by atoms with Crippen molar-refractivity contribution in [3.8, 4) is 6.07 Å². The minimum Gasteiger partial charge on any atom is -0.384 e. The number of carbonyl (C=O) groups excluding carboxylic acids is 1. The Morgan fingerprint density at radius 3 is 2.80 bits per heavy atom. The van der Waals surface area contributed by atoms with Crippen LogP contribution in [0, 0.1) is 11.3 Å². The average Bonchev–Trinajstić information content (AvgIpc) is 2.75. The molecule has 0 saturated carbocycles. The van der Waals surface area contributed by atoms with Crippen molar-refractivity contribution >= 4 is 17.2 Å². The van der Waals surface area contributed by atoms with E-state index in [-0.39, 0.29) is 0 Å². The molecule has 1 heterocycles. The number of hydrogen-bond acceptors (Lipinski definition) is 6. The topological polar surface area (TPSA) is 119 Å². The molecular weight excluding hydrogens is 218 g/mol. The molecule has 0 aliphatic carbocycles. The predicted molar refractivity (Wildman–Crippen MR) is 52.6 cm³/mol. The van der Waals surface area contributed by atoms with Gasteiger partial charge in [-0.05, 0) is 12.1 Å². The van der Waals surface area contributed by atoms with E-state index in [9.17, 15) is 9.90 Å². The smallest absolute Gasteiger partial charge is 0.275 e. The van der Waals surface area contributed by atoms with Crippen molar-refractivity contribution < 1.29 is 15.0 Å². The van der Waals surface area contributed by atoms with Gasteiger partial charge in [0.25, 0.3) is 5.91 Å². The third kappa shape index (κ3) is 2.51. The molecule has 6 nitrogen and oxygen atoms in total. The summed E-state index contributed by atoms with van der Waals surface area (Å²) in [6.45, 7) is 0. The summed E-state index contributed by atoms with van der Waals surface area (Å²) in [5.41, 5.74) is 1.94. The second-order valence-electron chi connectivity index (χ2n) is 2.69. The van der Waals surface area contributed by atoms with E-state index in [0.717, 1.165) is 11.3 Å². The highest BCUT2D eigenvalue weighted by Crippen LogP contribution is 2.25. The lowest BCUT2D eigenvalue weighted by Gasteiger charge is -2.08. The molecule has 1 rings (SSSR count). The highest BCUT2D eigenvalue weighted by atomic mass is 32.1. The highest BCUT2D eigenvalue weighted by Gasteiger charge is 2.20. The third-order valence-electron chi connectivity index (χ3n) is 1.70. The number of hydrazine groups is 1. The number of rotatable bonds is 3. The second kappa shape index (κ2) is 4.86. The summed E-state index contributed by atoms with van der Waals surface area (Å²) in [5.74, 6) is 4.44. The molecule has 5 N–H and O–H groups in total. The zero-order chi connectivity index (χ0) is 11.4. The molecule has 0 aliphatic heterocycles. The number of nitriles is 1. The van der Waals surface area contributed by atoms with E-state index >= 15 is 0 Å².